The third-order valence-electron chi connectivity index (χ3n) is 6.50. The summed E-state index contributed by atoms with van der Waals surface area (Å²) in [6, 6.07) is 12.0. The molecule has 0 aromatic heterocycles. The number of nitrogens with two attached hydrogens (primary N) is 1. The molecule has 36 heavy (non-hydrogen) atoms. The fourth-order valence-electron chi connectivity index (χ4n) is 4.75. The topological polar surface area (TPSA) is 83.5 Å². The molecule has 0 amide bonds. The third kappa shape index (κ3) is 5.01. The number of ether oxygens (including phenoxy) is 1. The van der Waals surface area contributed by atoms with Crippen molar-refractivity contribution >= 4 is 17.6 Å². The first-order chi connectivity index (χ1) is 17.3. The SMILES string of the molecule is C=CN(/C=C(/C)N)c1ccc(/C=C2\CCON3C2=NC(CO)CC3(C)c2ccc(F)cc2)cc1OC. The Labute approximate surface area is 211 Å². The molecular weight excluding hydrogens is 459 g/mol. The van der Waals surface area contributed by atoms with Gasteiger partial charge in [0.2, 0.25) is 0 Å². The number of halogens is 1. The Morgan fingerprint density at radius 2 is 2.11 bits per heavy atom. The predicted molar refractivity (Wildman–Crippen MR) is 141 cm³/mol. The molecule has 0 spiro atoms. The molecule has 1 saturated heterocycles. The highest BCUT2D eigenvalue weighted by Crippen LogP contribution is 2.41. The van der Waals surface area contributed by atoms with E-state index >= 15 is 0 Å². The molecule has 2 aromatic carbocycles. The number of hydroxylamine groups is 2. The summed E-state index contributed by atoms with van der Waals surface area (Å²) in [5, 5.41) is 11.8. The van der Waals surface area contributed by atoms with Crippen molar-refractivity contribution in [1.82, 2.24) is 5.06 Å². The van der Waals surface area contributed by atoms with Gasteiger partial charge < -0.3 is 20.5 Å². The number of methoxy groups -OCH3 is 1. The zero-order valence-corrected chi connectivity index (χ0v) is 20.9. The van der Waals surface area contributed by atoms with Crippen LogP contribution in [0, 0.1) is 5.82 Å². The Morgan fingerprint density at radius 1 is 1.36 bits per heavy atom. The van der Waals surface area contributed by atoms with Gasteiger partial charge in [-0.1, -0.05) is 24.8 Å². The Morgan fingerprint density at radius 3 is 2.75 bits per heavy atom. The van der Waals surface area contributed by atoms with Crippen LogP contribution in [0.2, 0.25) is 0 Å². The molecule has 2 aliphatic heterocycles. The Balaban J connectivity index is 1.73. The van der Waals surface area contributed by atoms with Crippen LogP contribution in [-0.4, -0.2) is 42.4 Å². The maximum absolute atomic E-state index is 13.6. The summed E-state index contributed by atoms with van der Waals surface area (Å²) in [6.45, 7) is 8.10. The first-order valence-electron chi connectivity index (χ1n) is 11.9. The number of nitrogens with zero attached hydrogens (tertiary/aromatic N) is 3. The highest BCUT2D eigenvalue weighted by Gasteiger charge is 2.45. The van der Waals surface area contributed by atoms with E-state index < -0.39 is 5.54 Å². The van der Waals surface area contributed by atoms with Gasteiger partial charge in [0.15, 0.2) is 5.84 Å². The van der Waals surface area contributed by atoms with Crippen molar-refractivity contribution in [1.29, 1.82) is 0 Å². The predicted octanol–water partition coefficient (Wildman–Crippen LogP) is 4.70. The van der Waals surface area contributed by atoms with Crippen LogP contribution in [0.4, 0.5) is 10.1 Å². The van der Waals surface area contributed by atoms with Crippen LogP contribution in [0.25, 0.3) is 6.08 Å². The molecule has 0 saturated carbocycles. The van der Waals surface area contributed by atoms with E-state index in [0.29, 0.717) is 36.7 Å². The van der Waals surface area contributed by atoms with E-state index in [-0.39, 0.29) is 18.5 Å². The molecule has 0 aliphatic carbocycles. The minimum Gasteiger partial charge on any atom is -0.495 e. The number of anilines is 1. The second kappa shape index (κ2) is 10.6. The van der Waals surface area contributed by atoms with Crippen LogP contribution in [0.15, 0.2) is 77.7 Å². The van der Waals surface area contributed by atoms with Crippen molar-refractivity contribution in [3.63, 3.8) is 0 Å². The van der Waals surface area contributed by atoms with Crippen molar-refractivity contribution in [2.75, 3.05) is 25.2 Å². The van der Waals surface area contributed by atoms with Crippen LogP contribution in [-0.2, 0) is 10.4 Å². The average Bonchev–Trinajstić information content (AvgIpc) is 2.87. The lowest BCUT2D eigenvalue weighted by atomic mass is 9.82. The largest absolute Gasteiger partial charge is 0.495 e. The van der Waals surface area contributed by atoms with E-state index in [4.69, 9.17) is 20.3 Å². The maximum Gasteiger partial charge on any atom is 0.152 e. The number of aliphatic hydroxyl groups is 1. The van der Waals surface area contributed by atoms with Gasteiger partial charge in [0.05, 0.1) is 37.6 Å². The van der Waals surface area contributed by atoms with E-state index in [9.17, 15) is 9.50 Å². The molecule has 2 aliphatic rings. The molecule has 1 fully saturated rings. The van der Waals surface area contributed by atoms with Crippen molar-refractivity contribution in [3.8, 4) is 5.75 Å². The van der Waals surface area contributed by atoms with E-state index in [2.05, 4.69) is 12.7 Å². The van der Waals surface area contributed by atoms with Gasteiger partial charge in [0.1, 0.15) is 11.6 Å². The summed E-state index contributed by atoms with van der Waals surface area (Å²) in [7, 11) is 1.62. The molecular formula is C28H33FN4O3. The number of benzene rings is 2. The first-order valence-corrected chi connectivity index (χ1v) is 11.9. The number of hydrogen-bond acceptors (Lipinski definition) is 7. The maximum atomic E-state index is 13.6. The molecule has 0 bridgehead atoms. The number of fused-ring (bicyclic) bond motifs is 1. The van der Waals surface area contributed by atoms with Crippen LogP contribution < -0.4 is 15.4 Å². The molecule has 2 unspecified atom stereocenters. The van der Waals surface area contributed by atoms with Crippen molar-refractivity contribution < 1.29 is 19.1 Å². The highest BCUT2D eigenvalue weighted by molar-refractivity contribution is 6.03. The number of rotatable bonds is 7. The van der Waals surface area contributed by atoms with Gasteiger partial charge >= 0.3 is 0 Å². The Hall–Kier alpha value is -3.62. The van der Waals surface area contributed by atoms with Gasteiger partial charge in [0.25, 0.3) is 0 Å². The Bertz CT molecular complexity index is 1200. The molecule has 2 heterocycles. The summed E-state index contributed by atoms with van der Waals surface area (Å²) in [5.74, 6) is 1.05. The number of aliphatic imine (C=N–C) groups is 1. The smallest absolute Gasteiger partial charge is 0.152 e. The summed E-state index contributed by atoms with van der Waals surface area (Å²) in [5.41, 5.74) is 9.52. The number of allylic oxidation sites excluding steroid dienone is 1. The molecule has 7 nitrogen and oxygen atoms in total. The number of aliphatic hydroxyl groups excluding tert-OH is 1. The number of hydrogen-bond donors (Lipinski definition) is 2. The van der Waals surface area contributed by atoms with Gasteiger partial charge in [-0.25, -0.2) is 9.45 Å². The monoisotopic (exact) mass is 492 g/mol. The minimum absolute atomic E-state index is 0.0879. The van der Waals surface area contributed by atoms with Gasteiger partial charge in [0, 0.05) is 30.9 Å². The van der Waals surface area contributed by atoms with Gasteiger partial charge in [-0.2, -0.15) is 0 Å². The van der Waals surface area contributed by atoms with Crippen LogP contribution in [0.3, 0.4) is 0 Å². The van der Waals surface area contributed by atoms with E-state index in [0.717, 1.165) is 22.4 Å². The average molecular weight is 493 g/mol. The summed E-state index contributed by atoms with van der Waals surface area (Å²) < 4.78 is 19.3. The lowest BCUT2D eigenvalue weighted by Gasteiger charge is -2.49. The summed E-state index contributed by atoms with van der Waals surface area (Å²) in [6.07, 6.45) is 6.71. The summed E-state index contributed by atoms with van der Waals surface area (Å²) in [4.78, 5) is 12.8. The second-order valence-electron chi connectivity index (χ2n) is 9.22. The molecule has 8 heteroatoms. The second-order valence-corrected chi connectivity index (χ2v) is 9.22. The zero-order valence-electron chi connectivity index (χ0n) is 20.9. The fraction of sp³-hybridized carbons (Fsp3) is 0.321. The normalized spacial score (nSPS) is 23.2. The van der Waals surface area contributed by atoms with E-state index in [1.54, 1.807) is 31.6 Å². The van der Waals surface area contributed by atoms with Gasteiger partial charge in [-0.15, -0.1) is 0 Å². The molecule has 4 rings (SSSR count). The molecule has 3 N–H and O–H groups in total. The lowest BCUT2D eigenvalue weighted by Crippen LogP contribution is -2.55. The van der Waals surface area contributed by atoms with E-state index in [1.807, 2.05) is 42.0 Å². The standard InChI is InChI=1S/C28H33FN4O3/c1-5-32(17-19(2)30)25-11-6-20(15-26(25)35-4)14-21-12-13-36-33-27(21)31-24(18-34)16-28(33,3)22-7-9-23(29)10-8-22/h5-11,14-15,17,24,34H,1,12-13,16,18,30H2,2-4H3/b19-17-,21-14+. The first kappa shape index (κ1) is 25.5. The third-order valence-corrected chi connectivity index (χ3v) is 6.50. The Kier molecular flexibility index (Phi) is 7.47. The van der Waals surface area contributed by atoms with Crippen LogP contribution >= 0.6 is 0 Å². The summed E-state index contributed by atoms with van der Waals surface area (Å²) >= 11 is 0. The molecule has 0 radical (unpaired) electrons. The fourth-order valence-corrected chi connectivity index (χ4v) is 4.75. The number of amidine groups is 1. The molecule has 190 valence electrons. The zero-order chi connectivity index (χ0) is 25.9. The lowest BCUT2D eigenvalue weighted by molar-refractivity contribution is -0.181. The molecule has 2 atom stereocenters. The van der Waals surface area contributed by atoms with Gasteiger partial charge in [-0.3, -0.25) is 9.83 Å². The van der Waals surface area contributed by atoms with Crippen molar-refractivity contribution in [3.05, 3.63) is 89.7 Å². The van der Waals surface area contributed by atoms with Crippen LogP contribution in [0.1, 0.15) is 37.8 Å². The molecule has 2 aromatic rings. The highest BCUT2D eigenvalue weighted by atomic mass is 19.1. The quantitative estimate of drug-likeness (QED) is 0.583. The minimum atomic E-state index is -0.615. The van der Waals surface area contributed by atoms with Crippen molar-refractivity contribution in [2.24, 2.45) is 10.7 Å². The van der Waals surface area contributed by atoms with Crippen molar-refractivity contribution in [2.45, 2.75) is 38.3 Å². The van der Waals surface area contributed by atoms with Crippen LogP contribution in [0.5, 0.6) is 5.75 Å². The van der Waals surface area contributed by atoms with Gasteiger partial charge in [-0.05, 0) is 60.9 Å². The van der Waals surface area contributed by atoms with E-state index in [1.165, 1.54) is 12.1 Å².